The molecule has 17 heavy (non-hydrogen) atoms. The van der Waals surface area contributed by atoms with Crippen LogP contribution in [0.25, 0.3) is 6.08 Å². The van der Waals surface area contributed by atoms with Crippen molar-refractivity contribution in [2.24, 2.45) is 0 Å². The van der Waals surface area contributed by atoms with Gasteiger partial charge in [-0.05, 0) is 37.6 Å². The highest BCUT2D eigenvalue weighted by Crippen LogP contribution is 2.18. The molecule has 1 rings (SSSR count). The van der Waals surface area contributed by atoms with Crippen molar-refractivity contribution < 1.29 is 18.7 Å². The van der Waals surface area contributed by atoms with Gasteiger partial charge in [-0.3, -0.25) is 0 Å². The third-order valence-corrected chi connectivity index (χ3v) is 1.95. The molecule has 92 valence electrons. The lowest BCUT2D eigenvalue weighted by Gasteiger charge is -2.04. The lowest BCUT2D eigenvalue weighted by atomic mass is 10.2. The van der Waals surface area contributed by atoms with E-state index in [1.807, 2.05) is 0 Å². The summed E-state index contributed by atoms with van der Waals surface area (Å²) in [6.07, 6.45) is 2.76. The van der Waals surface area contributed by atoms with Gasteiger partial charge in [0.1, 0.15) is 0 Å². The molecule has 0 unspecified atom stereocenters. The molecule has 0 aliphatic carbocycles. The first-order valence-corrected chi connectivity index (χ1v) is 5.44. The number of carbonyl (C=O) groups excluding carboxylic acids is 1. The summed E-state index contributed by atoms with van der Waals surface area (Å²) in [7, 11) is 0. The van der Waals surface area contributed by atoms with E-state index < -0.39 is 11.8 Å². The Hall–Kier alpha value is -1.84. The lowest BCUT2D eigenvalue weighted by molar-refractivity contribution is -0.137. The minimum Gasteiger partial charge on any atom is -0.491 e. The van der Waals surface area contributed by atoms with Crippen molar-refractivity contribution in [1.29, 1.82) is 0 Å². The van der Waals surface area contributed by atoms with Crippen molar-refractivity contribution in [3.63, 3.8) is 0 Å². The Bertz CT molecular complexity index is 413. The molecule has 0 aliphatic heterocycles. The second-order valence-electron chi connectivity index (χ2n) is 3.21. The third kappa shape index (κ3) is 4.26. The van der Waals surface area contributed by atoms with Gasteiger partial charge >= 0.3 is 5.97 Å². The zero-order valence-electron chi connectivity index (χ0n) is 9.90. The van der Waals surface area contributed by atoms with Crippen molar-refractivity contribution in [3.05, 3.63) is 35.7 Å². The van der Waals surface area contributed by atoms with Crippen LogP contribution in [0.4, 0.5) is 4.39 Å². The largest absolute Gasteiger partial charge is 0.491 e. The van der Waals surface area contributed by atoms with Gasteiger partial charge in [-0.15, -0.1) is 0 Å². The topological polar surface area (TPSA) is 35.5 Å². The van der Waals surface area contributed by atoms with Crippen LogP contribution in [0, 0.1) is 5.82 Å². The van der Waals surface area contributed by atoms with Crippen molar-refractivity contribution in [1.82, 2.24) is 0 Å². The van der Waals surface area contributed by atoms with E-state index in [0.717, 1.165) is 0 Å². The smallest absolute Gasteiger partial charge is 0.330 e. The number of carbonyl (C=O) groups is 1. The van der Waals surface area contributed by atoms with E-state index in [1.54, 1.807) is 19.9 Å². The predicted octanol–water partition coefficient (Wildman–Crippen LogP) is 2.80. The zero-order valence-corrected chi connectivity index (χ0v) is 9.90. The Kier molecular flexibility index (Phi) is 5.20. The number of hydrogen-bond acceptors (Lipinski definition) is 3. The summed E-state index contributed by atoms with van der Waals surface area (Å²) in [5.74, 6) is -0.680. The van der Waals surface area contributed by atoms with Crippen molar-refractivity contribution in [3.8, 4) is 5.75 Å². The molecular weight excluding hydrogens is 223 g/mol. The minimum atomic E-state index is -0.446. The summed E-state index contributed by atoms with van der Waals surface area (Å²) in [6, 6.07) is 4.51. The number of esters is 1. The number of rotatable bonds is 5. The second kappa shape index (κ2) is 6.68. The first kappa shape index (κ1) is 13.2. The fourth-order valence-corrected chi connectivity index (χ4v) is 1.25. The predicted molar refractivity (Wildman–Crippen MR) is 63.2 cm³/mol. The quantitative estimate of drug-likeness (QED) is 0.584. The summed E-state index contributed by atoms with van der Waals surface area (Å²) in [6.45, 7) is 4.24. The Morgan fingerprint density at radius 3 is 2.71 bits per heavy atom. The van der Waals surface area contributed by atoms with Gasteiger partial charge in [-0.2, -0.15) is 0 Å². The van der Waals surface area contributed by atoms with Crippen LogP contribution in [-0.2, 0) is 9.53 Å². The number of hydrogen-bond donors (Lipinski definition) is 0. The molecular formula is C13H15FO3. The first-order valence-electron chi connectivity index (χ1n) is 5.44. The molecule has 0 aliphatic rings. The van der Waals surface area contributed by atoms with Crippen molar-refractivity contribution in [2.45, 2.75) is 13.8 Å². The highest BCUT2D eigenvalue weighted by Gasteiger charge is 2.02. The van der Waals surface area contributed by atoms with E-state index >= 15 is 0 Å². The second-order valence-corrected chi connectivity index (χ2v) is 3.21. The molecule has 0 N–H and O–H groups in total. The minimum absolute atomic E-state index is 0.209. The fraction of sp³-hybridized carbons (Fsp3) is 0.308. The highest BCUT2D eigenvalue weighted by atomic mass is 19.1. The molecule has 0 heterocycles. The zero-order chi connectivity index (χ0) is 12.7. The van der Waals surface area contributed by atoms with Crippen LogP contribution in [0.15, 0.2) is 24.3 Å². The average Bonchev–Trinajstić information content (AvgIpc) is 2.30. The SMILES string of the molecule is CCOC(=O)C=Cc1ccc(OCC)c(F)c1. The Morgan fingerprint density at radius 1 is 1.35 bits per heavy atom. The molecule has 0 atom stereocenters. The van der Waals surface area contributed by atoms with E-state index in [0.29, 0.717) is 18.8 Å². The molecule has 0 spiro atoms. The van der Waals surface area contributed by atoms with E-state index in [1.165, 1.54) is 24.3 Å². The van der Waals surface area contributed by atoms with Crippen LogP contribution in [0.2, 0.25) is 0 Å². The molecule has 1 aromatic carbocycles. The maximum Gasteiger partial charge on any atom is 0.330 e. The molecule has 4 heteroatoms. The van der Waals surface area contributed by atoms with Gasteiger partial charge in [0, 0.05) is 6.08 Å². The Balaban J connectivity index is 2.73. The number of ether oxygens (including phenoxy) is 2. The van der Waals surface area contributed by atoms with Crippen LogP contribution >= 0.6 is 0 Å². The molecule has 0 amide bonds. The average molecular weight is 238 g/mol. The van der Waals surface area contributed by atoms with Crippen molar-refractivity contribution in [2.75, 3.05) is 13.2 Å². The molecule has 3 nitrogen and oxygen atoms in total. The first-order chi connectivity index (χ1) is 8.17. The summed E-state index contributed by atoms with van der Waals surface area (Å²) >= 11 is 0. The van der Waals surface area contributed by atoms with Crippen LogP contribution in [0.1, 0.15) is 19.4 Å². The monoisotopic (exact) mass is 238 g/mol. The Morgan fingerprint density at radius 2 is 2.12 bits per heavy atom. The van der Waals surface area contributed by atoms with E-state index in [4.69, 9.17) is 9.47 Å². The number of benzene rings is 1. The summed E-state index contributed by atoms with van der Waals surface area (Å²) in [5, 5.41) is 0. The molecule has 1 aromatic rings. The van der Waals surface area contributed by atoms with Crippen LogP contribution in [-0.4, -0.2) is 19.2 Å². The molecule has 0 aromatic heterocycles. The number of halogens is 1. The molecule has 0 fully saturated rings. The van der Waals surface area contributed by atoms with Crippen LogP contribution in [0.3, 0.4) is 0 Å². The van der Waals surface area contributed by atoms with E-state index in [9.17, 15) is 9.18 Å². The van der Waals surface area contributed by atoms with E-state index in [-0.39, 0.29) is 5.75 Å². The normalized spacial score (nSPS) is 10.5. The highest BCUT2D eigenvalue weighted by molar-refractivity contribution is 5.87. The molecule has 0 saturated carbocycles. The summed E-state index contributed by atoms with van der Waals surface area (Å²) < 4.78 is 23.2. The van der Waals surface area contributed by atoms with Gasteiger partial charge in [0.15, 0.2) is 11.6 Å². The van der Waals surface area contributed by atoms with Gasteiger partial charge in [0.05, 0.1) is 13.2 Å². The van der Waals surface area contributed by atoms with Crippen LogP contribution < -0.4 is 4.74 Å². The molecule has 0 saturated heterocycles. The van der Waals surface area contributed by atoms with Gasteiger partial charge < -0.3 is 9.47 Å². The van der Waals surface area contributed by atoms with Gasteiger partial charge in [-0.25, -0.2) is 9.18 Å². The maximum atomic E-state index is 13.4. The fourth-order valence-electron chi connectivity index (χ4n) is 1.25. The lowest BCUT2D eigenvalue weighted by Crippen LogP contribution is -1.98. The standard InChI is InChI=1S/C13H15FO3/c1-3-16-12-7-5-10(9-11(12)14)6-8-13(15)17-4-2/h5-9H,3-4H2,1-2H3. The Labute approximate surface area is 99.9 Å². The molecule has 0 bridgehead atoms. The molecule has 0 radical (unpaired) electrons. The van der Waals surface area contributed by atoms with Gasteiger partial charge in [0.25, 0.3) is 0 Å². The van der Waals surface area contributed by atoms with Gasteiger partial charge in [0.2, 0.25) is 0 Å². The summed E-state index contributed by atoms with van der Waals surface area (Å²) in [5.41, 5.74) is 0.582. The van der Waals surface area contributed by atoms with Gasteiger partial charge in [-0.1, -0.05) is 6.07 Å². The van der Waals surface area contributed by atoms with Crippen LogP contribution in [0.5, 0.6) is 5.75 Å². The van der Waals surface area contributed by atoms with E-state index in [2.05, 4.69) is 0 Å². The third-order valence-electron chi connectivity index (χ3n) is 1.95. The maximum absolute atomic E-state index is 13.4. The summed E-state index contributed by atoms with van der Waals surface area (Å²) in [4.78, 5) is 11.0. The van der Waals surface area contributed by atoms with Crippen molar-refractivity contribution >= 4 is 12.0 Å².